The van der Waals surface area contributed by atoms with Gasteiger partial charge in [-0.15, -0.1) is 0 Å². The van der Waals surface area contributed by atoms with Crippen molar-refractivity contribution in [2.45, 2.75) is 13.8 Å². The fourth-order valence-electron chi connectivity index (χ4n) is 1.21. The summed E-state index contributed by atoms with van der Waals surface area (Å²) >= 11 is 0. The number of carbonyl (C=O) groups excluding carboxylic acids is 1. The minimum atomic E-state index is -0.545. The van der Waals surface area contributed by atoms with Gasteiger partial charge in [-0.2, -0.15) is 0 Å². The quantitative estimate of drug-likeness (QED) is 0.790. The third-order valence-electron chi connectivity index (χ3n) is 1.91. The largest absolute Gasteiger partial charge is 0.412 e. The molecule has 15 heavy (non-hydrogen) atoms. The highest BCUT2D eigenvalue weighted by Gasteiger charge is 2.05. The molecule has 0 fully saturated rings. The Morgan fingerprint density at radius 1 is 1.47 bits per heavy atom. The number of aryl methyl sites for hydroxylation is 2. The number of rotatable bonds is 3. The normalized spacial score (nSPS) is 9.80. The Bertz CT molecular complexity index is 350. The molecule has 0 aromatic heterocycles. The molecule has 4 heteroatoms. The van der Waals surface area contributed by atoms with E-state index in [1.807, 2.05) is 26.0 Å². The maximum atomic E-state index is 11.2. The lowest BCUT2D eigenvalue weighted by Gasteiger charge is -2.08. The molecule has 2 N–H and O–H groups in total. The van der Waals surface area contributed by atoms with Crippen molar-refractivity contribution in [1.82, 2.24) is 5.32 Å². The van der Waals surface area contributed by atoms with Gasteiger partial charge in [0.25, 0.3) is 0 Å². The Balaban J connectivity index is 2.60. The first-order valence-electron chi connectivity index (χ1n) is 4.77. The van der Waals surface area contributed by atoms with Crippen LogP contribution >= 0.6 is 0 Å². The topological polar surface area (TPSA) is 58.6 Å². The standard InChI is InChI=1S/C11H15NO3/c1-8-3-4-10(9(2)7-8)15-11(14)12-5-6-13/h3-4,7,13H,5-6H2,1-2H3,(H,12,14). The van der Waals surface area contributed by atoms with Gasteiger partial charge in [-0.25, -0.2) is 4.79 Å². The van der Waals surface area contributed by atoms with Crippen molar-refractivity contribution in [1.29, 1.82) is 0 Å². The third kappa shape index (κ3) is 3.59. The van der Waals surface area contributed by atoms with E-state index in [9.17, 15) is 4.79 Å². The Morgan fingerprint density at radius 2 is 2.20 bits per heavy atom. The van der Waals surface area contributed by atoms with Gasteiger partial charge in [0.05, 0.1) is 6.61 Å². The highest BCUT2D eigenvalue weighted by atomic mass is 16.6. The summed E-state index contributed by atoms with van der Waals surface area (Å²) in [7, 11) is 0. The summed E-state index contributed by atoms with van der Waals surface area (Å²) in [6.07, 6.45) is -0.545. The van der Waals surface area contributed by atoms with Crippen LogP contribution in [0, 0.1) is 13.8 Å². The minimum absolute atomic E-state index is 0.0953. The van der Waals surface area contributed by atoms with E-state index in [0.29, 0.717) is 5.75 Å². The summed E-state index contributed by atoms with van der Waals surface area (Å²) in [6, 6.07) is 5.57. The molecule has 0 aliphatic rings. The number of nitrogens with one attached hydrogen (secondary N) is 1. The zero-order valence-corrected chi connectivity index (χ0v) is 8.91. The third-order valence-corrected chi connectivity index (χ3v) is 1.91. The number of aliphatic hydroxyl groups excluding tert-OH is 1. The van der Waals surface area contributed by atoms with Crippen LogP contribution < -0.4 is 10.1 Å². The molecule has 0 radical (unpaired) electrons. The summed E-state index contributed by atoms with van der Waals surface area (Å²) in [6.45, 7) is 3.95. The van der Waals surface area contributed by atoms with Crippen LogP contribution in [0.4, 0.5) is 4.79 Å². The second-order valence-corrected chi connectivity index (χ2v) is 3.31. The van der Waals surface area contributed by atoms with Gasteiger partial charge in [-0.3, -0.25) is 0 Å². The first kappa shape index (κ1) is 11.5. The first-order chi connectivity index (χ1) is 7.13. The average Bonchev–Trinajstić information content (AvgIpc) is 2.19. The number of benzene rings is 1. The monoisotopic (exact) mass is 209 g/mol. The molecule has 1 rings (SSSR count). The van der Waals surface area contributed by atoms with Gasteiger partial charge in [-0.1, -0.05) is 17.7 Å². The molecule has 1 amide bonds. The molecular weight excluding hydrogens is 194 g/mol. The Kier molecular flexibility index (Phi) is 4.12. The van der Waals surface area contributed by atoms with E-state index in [1.165, 1.54) is 0 Å². The highest BCUT2D eigenvalue weighted by molar-refractivity contribution is 5.70. The van der Waals surface area contributed by atoms with Crippen molar-refractivity contribution in [3.63, 3.8) is 0 Å². The molecule has 0 saturated heterocycles. The number of aliphatic hydroxyl groups is 1. The first-order valence-corrected chi connectivity index (χ1v) is 4.77. The lowest BCUT2D eigenvalue weighted by molar-refractivity contribution is 0.195. The van der Waals surface area contributed by atoms with Crippen molar-refractivity contribution in [2.24, 2.45) is 0 Å². The van der Waals surface area contributed by atoms with E-state index in [-0.39, 0.29) is 13.2 Å². The minimum Gasteiger partial charge on any atom is -0.410 e. The van der Waals surface area contributed by atoms with Crippen molar-refractivity contribution in [2.75, 3.05) is 13.2 Å². The van der Waals surface area contributed by atoms with Crippen molar-refractivity contribution >= 4 is 6.09 Å². The van der Waals surface area contributed by atoms with Gasteiger partial charge >= 0.3 is 6.09 Å². The molecule has 0 saturated carbocycles. The number of hydrogen-bond donors (Lipinski definition) is 2. The molecule has 0 aliphatic heterocycles. The summed E-state index contributed by atoms with van der Waals surface area (Å²) in [4.78, 5) is 11.2. The van der Waals surface area contributed by atoms with Crippen LogP contribution in [0.15, 0.2) is 18.2 Å². The summed E-state index contributed by atoms with van der Waals surface area (Å²) in [5.41, 5.74) is 2.03. The second-order valence-electron chi connectivity index (χ2n) is 3.31. The van der Waals surface area contributed by atoms with Gasteiger partial charge in [0.15, 0.2) is 0 Å². The maximum Gasteiger partial charge on any atom is 0.412 e. The molecule has 1 aromatic rings. The highest BCUT2D eigenvalue weighted by Crippen LogP contribution is 2.18. The molecule has 0 heterocycles. The van der Waals surface area contributed by atoms with Crippen LogP contribution in [0.1, 0.15) is 11.1 Å². The van der Waals surface area contributed by atoms with Crippen LogP contribution in [0.2, 0.25) is 0 Å². The Labute approximate surface area is 88.9 Å². The average molecular weight is 209 g/mol. The van der Waals surface area contributed by atoms with Gasteiger partial charge in [-0.05, 0) is 25.5 Å². The number of hydrogen-bond acceptors (Lipinski definition) is 3. The lowest BCUT2D eigenvalue weighted by Crippen LogP contribution is -2.29. The molecule has 0 atom stereocenters. The van der Waals surface area contributed by atoms with Gasteiger partial charge in [0, 0.05) is 6.54 Å². The molecule has 4 nitrogen and oxygen atoms in total. The predicted molar refractivity (Wildman–Crippen MR) is 57.0 cm³/mol. The fraction of sp³-hybridized carbons (Fsp3) is 0.364. The molecule has 0 bridgehead atoms. The summed E-state index contributed by atoms with van der Waals surface area (Å²) in [5, 5.41) is 10.9. The van der Waals surface area contributed by atoms with Gasteiger partial charge < -0.3 is 15.2 Å². The van der Waals surface area contributed by atoms with Crippen molar-refractivity contribution < 1.29 is 14.6 Å². The van der Waals surface area contributed by atoms with E-state index in [1.54, 1.807) is 6.07 Å². The smallest absolute Gasteiger partial charge is 0.410 e. The Hall–Kier alpha value is -1.55. The van der Waals surface area contributed by atoms with E-state index < -0.39 is 6.09 Å². The zero-order valence-electron chi connectivity index (χ0n) is 8.91. The molecule has 82 valence electrons. The second kappa shape index (κ2) is 5.36. The zero-order chi connectivity index (χ0) is 11.3. The number of amides is 1. The van der Waals surface area contributed by atoms with Gasteiger partial charge in [0.1, 0.15) is 5.75 Å². The Morgan fingerprint density at radius 3 is 2.80 bits per heavy atom. The van der Waals surface area contributed by atoms with Crippen LogP contribution in [0.3, 0.4) is 0 Å². The van der Waals surface area contributed by atoms with Crippen LogP contribution in [0.25, 0.3) is 0 Å². The van der Waals surface area contributed by atoms with E-state index in [0.717, 1.165) is 11.1 Å². The molecule has 1 aromatic carbocycles. The lowest BCUT2D eigenvalue weighted by atomic mass is 10.1. The molecule has 0 spiro atoms. The van der Waals surface area contributed by atoms with Crippen LogP contribution in [-0.2, 0) is 0 Å². The molecule has 0 unspecified atom stereocenters. The SMILES string of the molecule is Cc1ccc(OC(=O)NCCO)c(C)c1. The summed E-state index contributed by atoms with van der Waals surface area (Å²) < 4.78 is 5.04. The van der Waals surface area contributed by atoms with Crippen LogP contribution in [0.5, 0.6) is 5.75 Å². The van der Waals surface area contributed by atoms with Crippen LogP contribution in [-0.4, -0.2) is 24.4 Å². The van der Waals surface area contributed by atoms with E-state index >= 15 is 0 Å². The van der Waals surface area contributed by atoms with Gasteiger partial charge in [0.2, 0.25) is 0 Å². The van der Waals surface area contributed by atoms with Crippen molar-refractivity contribution in [3.05, 3.63) is 29.3 Å². The molecule has 0 aliphatic carbocycles. The number of ether oxygens (including phenoxy) is 1. The van der Waals surface area contributed by atoms with E-state index in [2.05, 4.69) is 5.32 Å². The molecular formula is C11H15NO3. The fourth-order valence-corrected chi connectivity index (χ4v) is 1.21. The van der Waals surface area contributed by atoms with Crippen molar-refractivity contribution in [3.8, 4) is 5.75 Å². The predicted octanol–water partition coefficient (Wildman–Crippen LogP) is 1.38. The maximum absolute atomic E-state index is 11.2. The van der Waals surface area contributed by atoms with E-state index in [4.69, 9.17) is 9.84 Å². The number of carbonyl (C=O) groups is 1. The summed E-state index contributed by atoms with van der Waals surface area (Å²) in [5.74, 6) is 0.538.